The van der Waals surface area contributed by atoms with Crippen LogP contribution in [0.25, 0.3) is 0 Å². The number of nitrogens with one attached hydrogen (secondary N) is 1. The summed E-state index contributed by atoms with van der Waals surface area (Å²) in [5, 5.41) is 13.2. The fraction of sp³-hybridized carbons (Fsp3) is 0.188. The number of rotatable bonds is 4. The summed E-state index contributed by atoms with van der Waals surface area (Å²) < 4.78 is 14.0. The van der Waals surface area contributed by atoms with E-state index in [1.807, 2.05) is 6.07 Å². The van der Waals surface area contributed by atoms with E-state index in [1.54, 1.807) is 31.2 Å². The van der Waals surface area contributed by atoms with Gasteiger partial charge in [0, 0.05) is 16.6 Å². The molecule has 0 radical (unpaired) electrons. The summed E-state index contributed by atoms with van der Waals surface area (Å²) >= 11 is 9.30. The molecule has 1 atom stereocenters. The molecule has 0 aliphatic rings. The molecule has 0 bridgehead atoms. The Bertz CT molecular complexity index is 699. The van der Waals surface area contributed by atoms with E-state index < -0.39 is 5.54 Å². The van der Waals surface area contributed by atoms with E-state index in [1.165, 1.54) is 12.1 Å². The Hall–Kier alpha value is -1.57. The van der Waals surface area contributed by atoms with Crippen LogP contribution >= 0.6 is 27.5 Å². The van der Waals surface area contributed by atoms with Crippen LogP contribution < -0.4 is 5.32 Å². The average Bonchev–Trinajstić information content (AvgIpc) is 2.43. The highest BCUT2D eigenvalue weighted by Crippen LogP contribution is 2.28. The number of nitrogens with zero attached hydrogens (tertiary/aromatic N) is 1. The van der Waals surface area contributed by atoms with Gasteiger partial charge in [-0.15, -0.1) is 0 Å². The molecule has 2 aromatic rings. The van der Waals surface area contributed by atoms with Gasteiger partial charge in [-0.2, -0.15) is 5.26 Å². The molecule has 0 fully saturated rings. The van der Waals surface area contributed by atoms with Crippen molar-refractivity contribution in [1.29, 1.82) is 5.26 Å². The largest absolute Gasteiger partial charge is 0.367 e. The molecule has 0 saturated heterocycles. The molecule has 1 unspecified atom stereocenters. The molecule has 2 rings (SSSR count). The van der Waals surface area contributed by atoms with Gasteiger partial charge in [0.25, 0.3) is 0 Å². The first-order chi connectivity index (χ1) is 9.92. The van der Waals surface area contributed by atoms with Gasteiger partial charge in [0.05, 0.1) is 11.1 Å². The number of anilines is 1. The van der Waals surface area contributed by atoms with Crippen LogP contribution in [-0.4, -0.2) is 5.54 Å². The molecule has 0 heterocycles. The van der Waals surface area contributed by atoms with Crippen molar-refractivity contribution in [3.05, 3.63) is 63.3 Å². The Labute approximate surface area is 136 Å². The first-order valence-corrected chi connectivity index (χ1v) is 7.48. The van der Waals surface area contributed by atoms with Gasteiger partial charge < -0.3 is 5.32 Å². The normalized spacial score (nSPS) is 13.3. The minimum absolute atomic E-state index is 0.304. The lowest BCUT2D eigenvalue weighted by Crippen LogP contribution is -2.35. The van der Waals surface area contributed by atoms with Crippen molar-refractivity contribution >= 4 is 33.2 Å². The second kappa shape index (κ2) is 6.46. The summed E-state index contributed by atoms with van der Waals surface area (Å²) in [6.45, 7) is 1.78. The van der Waals surface area contributed by atoms with E-state index in [4.69, 9.17) is 11.6 Å². The highest BCUT2D eigenvalue weighted by atomic mass is 79.9. The number of hydrogen-bond donors (Lipinski definition) is 1. The second-order valence-electron chi connectivity index (χ2n) is 5.00. The molecule has 21 heavy (non-hydrogen) atoms. The van der Waals surface area contributed by atoms with Crippen molar-refractivity contribution in [2.24, 2.45) is 0 Å². The van der Waals surface area contributed by atoms with Crippen LogP contribution in [0.15, 0.2) is 46.9 Å². The lowest BCUT2D eigenvalue weighted by atomic mass is 9.94. The fourth-order valence-electron chi connectivity index (χ4n) is 2.06. The van der Waals surface area contributed by atoms with Crippen LogP contribution in [0.4, 0.5) is 10.1 Å². The summed E-state index contributed by atoms with van der Waals surface area (Å²) in [7, 11) is 0. The molecule has 0 aliphatic carbocycles. The first kappa shape index (κ1) is 15.8. The zero-order valence-corrected chi connectivity index (χ0v) is 13.7. The molecule has 0 aliphatic heterocycles. The second-order valence-corrected chi connectivity index (χ2v) is 6.27. The summed E-state index contributed by atoms with van der Waals surface area (Å²) in [6, 6.07) is 13.9. The molecule has 0 aromatic heterocycles. The third kappa shape index (κ3) is 4.20. The molecule has 1 N–H and O–H groups in total. The zero-order chi connectivity index (χ0) is 15.5. The predicted octanol–water partition coefficient (Wildman–Crippen LogP) is 5.18. The Balaban J connectivity index is 2.21. The Morgan fingerprint density at radius 1 is 1.33 bits per heavy atom. The molecular formula is C16H13BrClFN2. The van der Waals surface area contributed by atoms with Crippen molar-refractivity contribution in [2.75, 3.05) is 5.32 Å². The van der Waals surface area contributed by atoms with Crippen LogP contribution in [0.5, 0.6) is 0 Å². The molecule has 0 spiro atoms. The Morgan fingerprint density at radius 2 is 2.10 bits per heavy atom. The van der Waals surface area contributed by atoms with Gasteiger partial charge in [0.15, 0.2) is 0 Å². The van der Waals surface area contributed by atoms with Crippen LogP contribution in [-0.2, 0) is 6.42 Å². The number of nitriles is 1. The van der Waals surface area contributed by atoms with Gasteiger partial charge in [-0.05, 0) is 58.7 Å². The van der Waals surface area contributed by atoms with E-state index in [0.29, 0.717) is 11.4 Å². The summed E-state index contributed by atoms with van der Waals surface area (Å²) in [4.78, 5) is 0. The highest BCUT2D eigenvalue weighted by Gasteiger charge is 2.24. The van der Waals surface area contributed by atoms with Gasteiger partial charge in [-0.25, -0.2) is 4.39 Å². The van der Waals surface area contributed by atoms with Crippen molar-refractivity contribution in [2.45, 2.75) is 18.9 Å². The van der Waals surface area contributed by atoms with E-state index in [2.05, 4.69) is 27.3 Å². The van der Waals surface area contributed by atoms with Crippen molar-refractivity contribution in [3.8, 4) is 6.07 Å². The topological polar surface area (TPSA) is 35.8 Å². The first-order valence-electron chi connectivity index (χ1n) is 6.31. The summed E-state index contributed by atoms with van der Waals surface area (Å²) in [6.07, 6.45) is 0.390. The van der Waals surface area contributed by atoms with E-state index in [9.17, 15) is 9.65 Å². The highest BCUT2D eigenvalue weighted by molar-refractivity contribution is 9.10. The maximum Gasteiger partial charge on any atom is 0.126 e. The van der Waals surface area contributed by atoms with Crippen molar-refractivity contribution < 1.29 is 4.39 Å². The van der Waals surface area contributed by atoms with E-state index in [-0.39, 0.29) is 5.82 Å². The molecule has 0 saturated carbocycles. The molecule has 2 nitrogen and oxygen atoms in total. The number of halogens is 3. The minimum atomic E-state index is -0.846. The van der Waals surface area contributed by atoms with Gasteiger partial charge in [0.2, 0.25) is 0 Å². The maximum absolute atomic E-state index is 13.2. The number of benzene rings is 2. The molecule has 0 amide bonds. The smallest absolute Gasteiger partial charge is 0.126 e. The third-order valence-corrected chi connectivity index (χ3v) is 4.25. The molecular weight excluding hydrogens is 355 g/mol. The summed E-state index contributed by atoms with van der Waals surface area (Å²) in [5.74, 6) is -0.304. The van der Waals surface area contributed by atoms with Crippen molar-refractivity contribution in [1.82, 2.24) is 0 Å². The van der Waals surface area contributed by atoms with Crippen molar-refractivity contribution in [3.63, 3.8) is 0 Å². The molecule has 2 aromatic carbocycles. The summed E-state index contributed by atoms with van der Waals surface area (Å²) in [5.41, 5.74) is 0.687. The average molecular weight is 368 g/mol. The lowest BCUT2D eigenvalue weighted by Gasteiger charge is -2.25. The third-order valence-electron chi connectivity index (χ3n) is 3.03. The standard InChI is InChI=1S/C16H13BrClFN2/c1-16(10-20,9-11-3-2-4-12(19)7-11)21-13-5-6-15(18)14(17)8-13/h2-8,21H,9H2,1H3. The number of hydrogen-bond acceptors (Lipinski definition) is 2. The van der Waals surface area contributed by atoms with E-state index in [0.717, 1.165) is 15.7 Å². The Morgan fingerprint density at radius 3 is 2.71 bits per heavy atom. The SMILES string of the molecule is CC(C#N)(Cc1cccc(F)c1)Nc1ccc(Cl)c(Br)c1. The maximum atomic E-state index is 13.2. The van der Waals surface area contributed by atoms with E-state index >= 15 is 0 Å². The monoisotopic (exact) mass is 366 g/mol. The molecule has 108 valence electrons. The van der Waals surface area contributed by atoms with Crippen LogP contribution in [0.2, 0.25) is 5.02 Å². The van der Waals surface area contributed by atoms with Gasteiger partial charge in [0.1, 0.15) is 11.4 Å². The minimum Gasteiger partial charge on any atom is -0.367 e. The Kier molecular flexibility index (Phi) is 4.87. The lowest BCUT2D eigenvalue weighted by molar-refractivity contribution is 0.613. The molecule has 5 heteroatoms. The van der Waals surface area contributed by atoms with Gasteiger partial charge in [-0.1, -0.05) is 23.7 Å². The van der Waals surface area contributed by atoms with Gasteiger partial charge in [-0.3, -0.25) is 0 Å². The fourth-order valence-corrected chi connectivity index (χ4v) is 2.56. The van der Waals surface area contributed by atoms with Crippen LogP contribution in [0.1, 0.15) is 12.5 Å². The van der Waals surface area contributed by atoms with Gasteiger partial charge >= 0.3 is 0 Å². The quantitative estimate of drug-likeness (QED) is 0.808. The zero-order valence-electron chi connectivity index (χ0n) is 11.3. The van der Waals surface area contributed by atoms with Crippen LogP contribution in [0.3, 0.4) is 0 Å². The van der Waals surface area contributed by atoms with Crippen LogP contribution in [0, 0.1) is 17.1 Å². The predicted molar refractivity (Wildman–Crippen MR) is 86.9 cm³/mol.